The molecule has 0 amide bonds. The zero-order valence-corrected chi connectivity index (χ0v) is 16.0. The molecule has 1 saturated heterocycles. The molecule has 0 bridgehead atoms. The van der Waals surface area contributed by atoms with Crippen molar-refractivity contribution in [3.8, 4) is 0 Å². The first-order valence-corrected chi connectivity index (χ1v) is 9.71. The molecule has 0 radical (unpaired) electrons. The van der Waals surface area contributed by atoms with Crippen molar-refractivity contribution in [2.75, 3.05) is 25.4 Å². The fourth-order valence-electron chi connectivity index (χ4n) is 3.02. The zero-order valence-electron chi connectivity index (χ0n) is 14.4. The minimum Gasteiger partial charge on any atom is -0.480 e. The molecular formula is C16H23ClF2N2O4S. The Hall–Kier alpha value is -1.29. The first kappa shape index (κ1) is 22.8. The third kappa shape index (κ3) is 5.87. The summed E-state index contributed by atoms with van der Waals surface area (Å²) in [5.74, 6) is -2.44. The van der Waals surface area contributed by atoms with Gasteiger partial charge in [0.25, 0.3) is 0 Å². The summed E-state index contributed by atoms with van der Waals surface area (Å²) in [4.78, 5) is 12.8. The molecule has 10 heteroatoms. The Labute approximate surface area is 158 Å². The van der Waals surface area contributed by atoms with Gasteiger partial charge >= 0.3 is 5.97 Å². The molecule has 2 rings (SSSR count). The molecule has 0 atom stereocenters. The Morgan fingerprint density at radius 1 is 1.31 bits per heavy atom. The van der Waals surface area contributed by atoms with Crippen LogP contribution < -0.4 is 0 Å². The average Bonchev–Trinajstić information content (AvgIpc) is 2.56. The number of sulfonamides is 1. The van der Waals surface area contributed by atoms with Gasteiger partial charge < -0.3 is 5.11 Å². The van der Waals surface area contributed by atoms with Crippen LogP contribution in [0.3, 0.4) is 0 Å². The number of carboxylic acids is 1. The third-order valence-corrected chi connectivity index (χ3v) is 6.31. The van der Waals surface area contributed by atoms with Crippen LogP contribution in [0.1, 0.15) is 25.3 Å². The molecule has 26 heavy (non-hydrogen) atoms. The fraction of sp³-hybridized carbons (Fsp3) is 0.562. The van der Waals surface area contributed by atoms with Gasteiger partial charge in [0, 0.05) is 37.3 Å². The Bertz CT molecular complexity index is 725. The van der Waals surface area contributed by atoms with Gasteiger partial charge in [-0.05, 0) is 25.8 Å². The summed E-state index contributed by atoms with van der Waals surface area (Å²) in [6.45, 7) is 1.94. The van der Waals surface area contributed by atoms with Crippen LogP contribution >= 0.6 is 12.4 Å². The maximum atomic E-state index is 13.9. The molecule has 1 fully saturated rings. The van der Waals surface area contributed by atoms with E-state index >= 15 is 0 Å². The number of hydrogen-bond donors (Lipinski definition) is 1. The van der Waals surface area contributed by atoms with Gasteiger partial charge in [-0.1, -0.05) is 6.07 Å². The minimum absolute atomic E-state index is 0. The maximum Gasteiger partial charge on any atom is 0.317 e. The normalized spacial score (nSPS) is 16.5. The molecule has 0 aliphatic carbocycles. The second kappa shape index (κ2) is 9.59. The van der Waals surface area contributed by atoms with Crippen molar-refractivity contribution in [2.45, 2.75) is 32.4 Å². The van der Waals surface area contributed by atoms with Gasteiger partial charge in [0.05, 0.1) is 12.3 Å². The molecule has 1 aliphatic rings. The van der Waals surface area contributed by atoms with E-state index in [-0.39, 0.29) is 42.9 Å². The van der Waals surface area contributed by atoms with Gasteiger partial charge in [0.15, 0.2) is 0 Å². The van der Waals surface area contributed by atoms with E-state index < -0.39 is 27.6 Å². The van der Waals surface area contributed by atoms with Crippen molar-refractivity contribution in [2.24, 2.45) is 0 Å². The minimum atomic E-state index is -3.27. The number of carbonyl (C=O) groups is 1. The van der Waals surface area contributed by atoms with E-state index in [0.717, 1.165) is 12.1 Å². The van der Waals surface area contributed by atoms with E-state index in [9.17, 15) is 22.0 Å². The van der Waals surface area contributed by atoms with E-state index in [1.807, 2.05) is 0 Å². The largest absolute Gasteiger partial charge is 0.480 e. The second-order valence-electron chi connectivity index (χ2n) is 6.07. The summed E-state index contributed by atoms with van der Waals surface area (Å²) in [6.07, 6.45) is 0.935. The Kier molecular flexibility index (Phi) is 8.39. The number of halogens is 3. The standard InChI is InChI=1S/C16H22F2N2O4S.ClH/c1-2-25(23,24)20-7-5-14(6-8-20)19(11-16(21)22)10-12-3-4-13(17)9-15(12)18;/h3-4,9,14H,2,5-8,10-11H2,1H3,(H,21,22);1H. The number of hydrogen-bond acceptors (Lipinski definition) is 4. The summed E-state index contributed by atoms with van der Waals surface area (Å²) in [5.41, 5.74) is 0.214. The summed E-state index contributed by atoms with van der Waals surface area (Å²) in [6, 6.07) is 3.03. The van der Waals surface area contributed by atoms with Crippen molar-refractivity contribution >= 4 is 28.4 Å². The molecule has 148 valence electrons. The topological polar surface area (TPSA) is 77.9 Å². The molecule has 1 aromatic rings. The van der Waals surface area contributed by atoms with E-state index in [1.54, 1.807) is 11.8 Å². The lowest BCUT2D eigenvalue weighted by Crippen LogP contribution is -2.48. The summed E-state index contributed by atoms with van der Waals surface area (Å²) in [7, 11) is -3.27. The van der Waals surface area contributed by atoms with Gasteiger partial charge in [-0.25, -0.2) is 21.5 Å². The van der Waals surface area contributed by atoms with Crippen LogP contribution in [0, 0.1) is 11.6 Å². The van der Waals surface area contributed by atoms with Crippen LogP contribution in [0.15, 0.2) is 18.2 Å². The van der Waals surface area contributed by atoms with E-state index in [0.29, 0.717) is 25.9 Å². The van der Waals surface area contributed by atoms with Gasteiger partial charge in [-0.3, -0.25) is 9.69 Å². The summed E-state index contributed by atoms with van der Waals surface area (Å²) < 4.78 is 52.1. The second-order valence-corrected chi connectivity index (χ2v) is 8.32. The van der Waals surface area contributed by atoms with Gasteiger partial charge in [-0.15, -0.1) is 12.4 Å². The lowest BCUT2D eigenvalue weighted by Gasteiger charge is -2.37. The molecule has 0 spiro atoms. The first-order valence-electron chi connectivity index (χ1n) is 8.10. The van der Waals surface area contributed by atoms with Crippen molar-refractivity contribution in [3.05, 3.63) is 35.4 Å². The van der Waals surface area contributed by atoms with E-state index in [2.05, 4.69) is 0 Å². The van der Waals surface area contributed by atoms with Crippen LogP contribution in [0.5, 0.6) is 0 Å². The maximum absolute atomic E-state index is 13.9. The predicted molar refractivity (Wildman–Crippen MR) is 95.7 cm³/mol. The lowest BCUT2D eigenvalue weighted by molar-refractivity contribution is -0.139. The predicted octanol–water partition coefficient (Wildman–Crippen LogP) is 2.09. The zero-order chi connectivity index (χ0) is 18.6. The molecule has 1 heterocycles. The third-order valence-electron chi connectivity index (χ3n) is 4.42. The smallest absolute Gasteiger partial charge is 0.317 e. The van der Waals surface area contributed by atoms with Crippen molar-refractivity contribution in [3.63, 3.8) is 0 Å². The molecule has 1 N–H and O–H groups in total. The quantitative estimate of drug-likeness (QED) is 0.742. The Morgan fingerprint density at radius 2 is 1.92 bits per heavy atom. The molecule has 6 nitrogen and oxygen atoms in total. The highest BCUT2D eigenvalue weighted by atomic mass is 35.5. The molecule has 1 aliphatic heterocycles. The Morgan fingerprint density at radius 3 is 2.42 bits per heavy atom. The van der Waals surface area contributed by atoms with E-state index in [4.69, 9.17) is 5.11 Å². The number of aliphatic carboxylic acids is 1. The molecule has 0 unspecified atom stereocenters. The molecular weight excluding hydrogens is 390 g/mol. The first-order chi connectivity index (χ1) is 11.7. The van der Waals surface area contributed by atoms with Crippen LogP contribution in [-0.2, 0) is 21.4 Å². The SMILES string of the molecule is CCS(=O)(=O)N1CCC(N(CC(=O)O)Cc2ccc(F)cc2F)CC1.Cl. The number of rotatable bonds is 7. The highest BCUT2D eigenvalue weighted by molar-refractivity contribution is 7.89. The summed E-state index contributed by atoms with van der Waals surface area (Å²) in [5, 5.41) is 9.12. The van der Waals surface area contributed by atoms with Crippen molar-refractivity contribution in [1.82, 2.24) is 9.21 Å². The monoisotopic (exact) mass is 412 g/mol. The molecule has 0 aromatic heterocycles. The highest BCUT2D eigenvalue weighted by Gasteiger charge is 2.30. The van der Waals surface area contributed by atoms with Crippen LogP contribution in [0.4, 0.5) is 8.78 Å². The lowest BCUT2D eigenvalue weighted by atomic mass is 10.0. The summed E-state index contributed by atoms with van der Waals surface area (Å²) >= 11 is 0. The van der Waals surface area contributed by atoms with Crippen LogP contribution in [0.25, 0.3) is 0 Å². The molecule has 0 saturated carbocycles. The van der Waals surface area contributed by atoms with Crippen LogP contribution in [-0.4, -0.2) is 60.1 Å². The van der Waals surface area contributed by atoms with Crippen molar-refractivity contribution in [1.29, 1.82) is 0 Å². The van der Waals surface area contributed by atoms with Crippen molar-refractivity contribution < 1.29 is 27.1 Å². The van der Waals surface area contributed by atoms with Gasteiger partial charge in [0.1, 0.15) is 11.6 Å². The van der Waals surface area contributed by atoms with Gasteiger partial charge in [0.2, 0.25) is 10.0 Å². The number of piperidine rings is 1. The average molecular weight is 413 g/mol. The molecule has 1 aromatic carbocycles. The fourth-order valence-corrected chi connectivity index (χ4v) is 4.16. The van der Waals surface area contributed by atoms with Crippen LogP contribution in [0.2, 0.25) is 0 Å². The Balaban J connectivity index is 0.00000338. The van der Waals surface area contributed by atoms with E-state index in [1.165, 1.54) is 10.4 Å². The number of nitrogens with zero attached hydrogens (tertiary/aromatic N) is 2. The number of carboxylic acid groups (broad SMARTS) is 1. The number of benzene rings is 1. The highest BCUT2D eigenvalue weighted by Crippen LogP contribution is 2.22. The van der Waals surface area contributed by atoms with Gasteiger partial charge in [-0.2, -0.15) is 0 Å².